The molecule has 1 aromatic carbocycles. The van der Waals surface area contributed by atoms with E-state index < -0.39 is 0 Å². The second-order valence-corrected chi connectivity index (χ2v) is 7.30. The van der Waals surface area contributed by atoms with E-state index >= 15 is 0 Å². The van der Waals surface area contributed by atoms with Crippen LogP contribution in [0.1, 0.15) is 11.4 Å². The molecular formula is C21H16ClFN6O. The highest BCUT2D eigenvalue weighted by molar-refractivity contribution is 6.30. The fourth-order valence-electron chi connectivity index (χ4n) is 3.63. The number of aryl methyl sites for hydroxylation is 1. The molecule has 4 aromatic heterocycles. The van der Waals surface area contributed by atoms with E-state index in [2.05, 4.69) is 19.9 Å². The van der Waals surface area contributed by atoms with Crippen LogP contribution in [0.2, 0.25) is 5.02 Å². The third-order valence-electron chi connectivity index (χ3n) is 4.96. The molecule has 0 amide bonds. The number of pyridine rings is 1. The summed E-state index contributed by atoms with van der Waals surface area (Å²) >= 11 is 6.02. The molecule has 0 unspecified atom stereocenters. The Hall–Kier alpha value is -3.52. The highest BCUT2D eigenvalue weighted by atomic mass is 35.5. The van der Waals surface area contributed by atoms with Gasteiger partial charge in [-0.25, -0.2) is 19.3 Å². The average Bonchev–Trinajstić information content (AvgIpc) is 3.28. The molecular weight excluding hydrogens is 407 g/mol. The molecule has 150 valence electrons. The van der Waals surface area contributed by atoms with Gasteiger partial charge in [0, 0.05) is 17.8 Å². The molecule has 4 heterocycles. The molecule has 9 heteroatoms. The Labute approximate surface area is 175 Å². The van der Waals surface area contributed by atoms with Crippen LogP contribution < -0.4 is 4.74 Å². The van der Waals surface area contributed by atoms with Gasteiger partial charge in [-0.15, -0.1) is 0 Å². The van der Waals surface area contributed by atoms with Crippen molar-refractivity contribution in [1.29, 1.82) is 0 Å². The van der Waals surface area contributed by atoms with Crippen molar-refractivity contribution in [3.63, 3.8) is 0 Å². The van der Waals surface area contributed by atoms with Gasteiger partial charge in [-0.2, -0.15) is 4.98 Å². The van der Waals surface area contributed by atoms with Crippen molar-refractivity contribution in [3.8, 4) is 11.6 Å². The van der Waals surface area contributed by atoms with Crippen LogP contribution in [-0.4, -0.2) is 36.2 Å². The summed E-state index contributed by atoms with van der Waals surface area (Å²) in [7, 11) is 1.57. The van der Waals surface area contributed by atoms with Crippen LogP contribution in [0.4, 0.5) is 4.39 Å². The van der Waals surface area contributed by atoms with Gasteiger partial charge in [0.1, 0.15) is 23.5 Å². The molecule has 0 aliphatic heterocycles. The number of imidazole rings is 1. The standard InChI is InChI=1S/C21H16ClFN6O/c1-12-27-20-18(29(12)10-13-5-14(22)7-15(23)6-13)8-16(9-24-20)28-4-3-17-19(28)21(30-2)26-11-25-17/h3-9,11H,10H2,1-2H3. The minimum absolute atomic E-state index is 0.358. The molecule has 0 saturated heterocycles. The fourth-order valence-corrected chi connectivity index (χ4v) is 3.88. The van der Waals surface area contributed by atoms with Crippen LogP contribution in [-0.2, 0) is 6.54 Å². The molecule has 30 heavy (non-hydrogen) atoms. The van der Waals surface area contributed by atoms with Gasteiger partial charge in [-0.3, -0.25) is 0 Å². The highest BCUT2D eigenvalue weighted by Gasteiger charge is 2.15. The summed E-state index contributed by atoms with van der Waals surface area (Å²) in [6.45, 7) is 2.31. The second kappa shape index (κ2) is 7.07. The quantitative estimate of drug-likeness (QED) is 0.431. The number of methoxy groups -OCH3 is 1. The van der Waals surface area contributed by atoms with E-state index in [1.165, 1.54) is 18.5 Å². The van der Waals surface area contributed by atoms with Gasteiger partial charge < -0.3 is 13.9 Å². The third-order valence-corrected chi connectivity index (χ3v) is 5.17. The van der Waals surface area contributed by atoms with E-state index in [1.807, 2.05) is 34.4 Å². The van der Waals surface area contributed by atoms with Crippen molar-refractivity contribution in [1.82, 2.24) is 29.1 Å². The Morgan fingerprint density at radius 1 is 1.13 bits per heavy atom. The lowest BCUT2D eigenvalue weighted by Crippen LogP contribution is -2.03. The zero-order valence-electron chi connectivity index (χ0n) is 16.2. The van der Waals surface area contributed by atoms with Gasteiger partial charge in [0.05, 0.1) is 30.0 Å². The maximum Gasteiger partial charge on any atom is 0.241 e. The Kier molecular flexibility index (Phi) is 4.36. The predicted molar refractivity (Wildman–Crippen MR) is 112 cm³/mol. The smallest absolute Gasteiger partial charge is 0.241 e. The minimum atomic E-state index is -0.371. The van der Waals surface area contributed by atoms with Crippen LogP contribution in [0.5, 0.6) is 5.88 Å². The van der Waals surface area contributed by atoms with Crippen LogP contribution in [0, 0.1) is 12.7 Å². The zero-order chi connectivity index (χ0) is 20.8. The second-order valence-electron chi connectivity index (χ2n) is 6.86. The minimum Gasteiger partial charge on any atom is -0.479 e. The highest BCUT2D eigenvalue weighted by Crippen LogP contribution is 2.27. The van der Waals surface area contributed by atoms with E-state index in [-0.39, 0.29) is 5.82 Å². The molecule has 5 aromatic rings. The van der Waals surface area contributed by atoms with Crippen LogP contribution in [0.3, 0.4) is 0 Å². The lowest BCUT2D eigenvalue weighted by atomic mass is 10.2. The summed E-state index contributed by atoms with van der Waals surface area (Å²) in [5.74, 6) is 0.877. The largest absolute Gasteiger partial charge is 0.479 e. The lowest BCUT2D eigenvalue weighted by Gasteiger charge is -2.10. The summed E-state index contributed by atoms with van der Waals surface area (Å²) in [4.78, 5) is 17.6. The summed E-state index contributed by atoms with van der Waals surface area (Å²) < 4.78 is 23.1. The topological polar surface area (TPSA) is 70.7 Å². The van der Waals surface area contributed by atoms with Gasteiger partial charge >= 0.3 is 0 Å². The summed E-state index contributed by atoms with van der Waals surface area (Å²) in [5.41, 5.74) is 4.50. The van der Waals surface area contributed by atoms with Gasteiger partial charge in [0.2, 0.25) is 5.88 Å². The van der Waals surface area contributed by atoms with Crippen molar-refractivity contribution < 1.29 is 9.13 Å². The predicted octanol–water partition coefficient (Wildman–Crippen LogP) is 4.32. The average molecular weight is 423 g/mol. The van der Waals surface area contributed by atoms with Gasteiger partial charge in [-0.05, 0) is 42.8 Å². The molecule has 0 saturated carbocycles. The van der Waals surface area contributed by atoms with Crippen molar-refractivity contribution >= 4 is 33.8 Å². The number of aromatic nitrogens is 6. The molecule has 0 atom stereocenters. The number of rotatable bonds is 4. The summed E-state index contributed by atoms with van der Waals surface area (Å²) in [5, 5.41) is 0.358. The van der Waals surface area contributed by atoms with E-state index in [4.69, 9.17) is 16.3 Å². The lowest BCUT2D eigenvalue weighted by molar-refractivity contribution is 0.401. The first-order valence-electron chi connectivity index (χ1n) is 9.18. The molecule has 0 spiro atoms. The molecule has 5 rings (SSSR count). The summed E-state index contributed by atoms with van der Waals surface area (Å²) in [6, 6.07) is 8.37. The first-order valence-corrected chi connectivity index (χ1v) is 9.55. The molecule has 7 nitrogen and oxygen atoms in total. The number of benzene rings is 1. The normalized spacial score (nSPS) is 11.5. The number of hydrogen-bond acceptors (Lipinski definition) is 5. The molecule has 0 N–H and O–H groups in total. The first-order chi connectivity index (χ1) is 14.5. The maximum absolute atomic E-state index is 13.8. The van der Waals surface area contributed by atoms with Gasteiger partial charge in [0.25, 0.3) is 0 Å². The number of nitrogens with zero attached hydrogens (tertiary/aromatic N) is 6. The number of ether oxygens (including phenoxy) is 1. The van der Waals surface area contributed by atoms with Crippen molar-refractivity contribution in [2.75, 3.05) is 7.11 Å². The number of hydrogen-bond donors (Lipinski definition) is 0. The van der Waals surface area contributed by atoms with Gasteiger partial charge in [-0.1, -0.05) is 11.6 Å². The summed E-state index contributed by atoms with van der Waals surface area (Å²) in [6.07, 6.45) is 5.10. The van der Waals surface area contributed by atoms with Crippen LogP contribution in [0.25, 0.3) is 27.9 Å². The van der Waals surface area contributed by atoms with E-state index in [1.54, 1.807) is 19.4 Å². The Morgan fingerprint density at radius 2 is 2.00 bits per heavy atom. The number of fused-ring (bicyclic) bond motifs is 2. The monoisotopic (exact) mass is 422 g/mol. The molecule has 0 aliphatic rings. The van der Waals surface area contributed by atoms with E-state index in [0.29, 0.717) is 23.1 Å². The Morgan fingerprint density at radius 3 is 2.80 bits per heavy atom. The molecule has 0 radical (unpaired) electrons. The van der Waals surface area contributed by atoms with Crippen molar-refractivity contribution in [3.05, 3.63) is 71.3 Å². The maximum atomic E-state index is 13.8. The van der Waals surface area contributed by atoms with Crippen LogP contribution >= 0.6 is 11.6 Å². The van der Waals surface area contributed by atoms with Crippen LogP contribution in [0.15, 0.2) is 49.1 Å². The molecule has 0 fully saturated rings. The SMILES string of the molecule is COc1ncnc2ccn(-c3cnc4nc(C)n(Cc5cc(F)cc(Cl)c5)c4c3)c12. The zero-order valence-corrected chi connectivity index (χ0v) is 16.9. The third kappa shape index (κ3) is 3.05. The molecule has 0 aliphatic carbocycles. The first kappa shape index (κ1) is 18.5. The van der Waals surface area contributed by atoms with Crippen molar-refractivity contribution in [2.45, 2.75) is 13.5 Å². The van der Waals surface area contributed by atoms with E-state index in [9.17, 15) is 4.39 Å². The van der Waals surface area contributed by atoms with Gasteiger partial charge in [0.15, 0.2) is 5.65 Å². The fraction of sp³-hybridized carbons (Fsp3) is 0.143. The number of halogens is 2. The molecule has 0 bridgehead atoms. The van der Waals surface area contributed by atoms with Crippen molar-refractivity contribution in [2.24, 2.45) is 0 Å². The Balaban J connectivity index is 1.66. The Bertz CT molecular complexity index is 1390. The van der Waals surface area contributed by atoms with E-state index in [0.717, 1.165) is 33.6 Å².